The number of hydrogen-bond acceptors (Lipinski definition) is 2. The summed E-state index contributed by atoms with van der Waals surface area (Å²) in [6, 6.07) is 0.0546. The molecule has 1 aliphatic carbocycles. The fraction of sp³-hybridized carbons (Fsp3) is 0.583. The summed E-state index contributed by atoms with van der Waals surface area (Å²) in [5.41, 5.74) is 10.00. The number of nitrogens with two attached hydrogens (primary N) is 1. The topological polar surface area (TPSA) is 43.8 Å². The van der Waals surface area contributed by atoms with Crippen molar-refractivity contribution in [2.75, 3.05) is 0 Å². The zero-order valence-electron chi connectivity index (χ0n) is 9.53. The van der Waals surface area contributed by atoms with E-state index >= 15 is 0 Å². The van der Waals surface area contributed by atoms with Crippen LogP contribution in [0.2, 0.25) is 0 Å². The van der Waals surface area contributed by atoms with Gasteiger partial charge >= 0.3 is 0 Å². The van der Waals surface area contributed by atoms with E-state index in [1.165, 1.54) is 36.1 Å². The molecule has 0 amide bonds. The fourth-order valence-electron chi connectivity index (χ4n) is 2.17. The van der Waals surface area contributed by atoms with Crippen LogP contribution in [0.4, 0.5) is 0 Å². The van der Waals surface area contributed by atoms with Gasteiger partial charge in [0.25, 0.3) is 0 Å². The number of aryl methyl sites for hydroxylation is 1. The lowest BCUT2D eigenvalue weighted by Gasteiger charge is -2.19. The summed E-state index contributed by atoms with van der Waals surface area (Å²) < 4.78 is 1.89. The minimum atomic E-state index is 0.0546. The van der Waals surface area contributed by atoms with E-state index in [1.807, 2.05) is 17.9 Å². The minimum Gasteiger partial charge on any atom is -0.320 e. The SMILES string of the molecule is Cc1c(C(N)C2=CCCCC2)cnn1C. The van der Waals surface area contributed by atoms with Gasteiger partial charge in [0.2, 0.25) is 0 Å². The first-order valence-corrected chi connectivity index (χ1v) is 5.63. The average Bonchev–Trinajstić information content (AvgIpc) is 2.60. The van der Waals surface area contributed by atoms with Crippen molar-refractivity contribution in [3.05, 3.63) is 29.1 Å². The largest absolute Gasteiger partial charge is 0.320 e. The van der Waals surface area contributed by atoms with Crippen LogP contribution in [-0.4, -0.2) is 9.78 Å². The molecule has 0 saturated carbocycles. The van der Waals surface area contributed by atoms with E-state index < -0.39 is 0 Å². The van der Waals surface area contributed by atoms with Crippen molar-refractivity contribution in [2.24, 2.45) is 12.8 Å². The molecular formula is C12H19N3. The molecule has 0 radical (unpaired) electrons. The highest BCUT2D eigenvalue weighted by molar-refractivity contribution is 5.29. The molecule has 0 aromatic carbocycles. The lowest BCUT2D eigenvalue weighted by atomic mass is 9.91. The van der Waals surface area contributed by atoms with Gasteiger partial charge in [-0.2, -0.15) is 5.10 Å². The Hall–Kier alpha value is -1.09. The van der Waals surface area contributed by atoms with E-state index in [0.29, 0.717) is 0 Å². The van der Waals surface area contributed by atoms with Gasteiger partial charge in [-0.05, 0) is 32.6 Å². The lowest BCUT2D eigenvalue weighted by molar-refractivity contribution is 0.645. The molecule has 0 spiro atoms. The molecule has 2 rings (SSSR count). The van der Waals surface area contributed by atoms with Crippen LogP contribution in [0.3, 0.4) is 0 Å². The van der Waals surface area contributed by atoms with E-state index in [2.05, 4.69) is 18.1 Å². The molecule has 1 unspecified atom stereocenters. The van der Waals surface area contributed by atoms with Crippen LogP contribution in [0.5, 0.6) is 0 Å². The fourth-order valence-corrected chi connectivity index (χ4v) is 2.17. The van der Waals surface area contributed by atoms with E-state index in [0.717, 1.165) is 6.42 Å². The number of rotatable bonds is 2. The maximum atomic E-state index is 6.26. The van der Waals surface area contributed by atoms with Gasteiger partial charge in [0.05, 0.1) is 12.2 Å². The summed E-state index contributed by atoms with van der Waals surface area (Å²) in [5.74, 6) is 0. The van der Waals surface area contributed by atoms with Crippen molar-refractivity contribution in [3.63, 3.8) is 0 Å². The second kappa shape index (κ2) is 4.19. The lowest BCUT2D eigenvalue weighted by Crippen LogP contribution is -2.15. The second-order valence-corrected chi connectivity index (χ2v) is 4.31. The van der Waals surface area contributed by atoms with Crippen LogP contribution < -0.4 is 5.73 Å². The van der Waals surface area contributed by atoms with E-state index in [9.17, 15) is 0 Å². The van der Waals surface area contributed by atoms with Gasteiger partial charge in [-0.1, -0.05) is 11.6 Å². The third kappa shape index (κ3) is 1.97. The van der Waals surface area contributed by atoms with Gasteiger partial charge < -0.3 is 5.73 Å². The second-order valence-electron chi connectivity index (χ2n) is 4.31. The first-order valence-electron chi connectivity index (χ1n) is 5.63. The molecule has 2 N–H and O–H groups in total. The Kier molecular flexibility index (Phi) is 2.91. The van der Waals surface area contributed by atoms with E-state index in [-0.39, 0.29) is 6.04 Å². The molecule has 15 heavy (non-hydrogen) atoms. The van der Waals surface area contributed by atoms with E-state index in [4.69, 9.17) is 5.73 Å². The molecular weight excluding hydrogens is 186 g/mol. The van der Waals surface area contributed by atoms with Crippen molar-refractivity contribution >= 4 is 0 Å². The molecule has 1 heterocycles. The Morgan fingerprint density at radius 3 is 2.80 bits per heavy atom. The van der Waals surface area contributed by atoms with Gasteiger partial charge in [0.1, 0.15) is 0 Å². The first-order chi connectivity index (χ1) is 7.20. The summed E-state index contributed by atoms with van der Waals surface area (Å²) in [4.78, 5) is 0. The van der Waals surface area contributed by atoms with Gasteiger partial charge in [0, 0.05) is 18.3 Å². The molecule has 1 aliphatic rings. The van der Waals surface area contributed by atoms with Crippen LogP contribution in [0, 0.1) is 6.92 Å². The van der Waals surface area contributed by atoms with E-state index in [1.54, 1.807) is 0 Å². The Balaban J connectivity index is 2.23. The summed E-state index contributed by atoms with van der Waals surface area (Å²) in [6.45, 7) is 2.07. The summed E-state index contributed by atoms with van der Waals surface area (Å²) in [7, 11) is 1.96. The zero-order chi connectivity index (χ0) is 10.8. The maximum absolute atomic E-state index is 6.26. The maximum Gasteiger partial charge on any atom is 0.0544 e. The van der Waals surface area contributed by atoms with Crippen LogP contribution in [-0.2, 0) is 7.05 Å². The van der Waals surface area contributed by atoms with Crippen LogP contribution >= 0.6 is 0 Å². The van der Waals surface area contributed by atoms with Crippen LogP contribution in [0.25, 0.3) is 0 Å². The Morgan fingerprint density at radius 1 is 1.47 bits per heavy atom. The highest BCUT2D eigenvalue weighted by Crippen LogP contribution is 2.29. The predicted octanol–water partition coefficient (Wildman–Crippen LogP) is 2.23. The summed E-state index contributed by atoms with van der Waals surface area (Å²) in [5, 5.41) is 4.24. The van der Waals surface area contributed by atoms with Gasteiger partial charge in [-0.15, -0.1) is 0 Å². The molecule has 1 aromatic rings. The summed E-state index contributed by atoms with van der Waals surface area (Å²) >= 11 is 0. The van der Waals surface area contributed by atoms with Crippen molar-refractivity contribution in [1.82, 2.24) is 9.78 Å². The monoisotopic (exact) mass is 205 g/mol. The Labute approximate surface area is 91.0 Å². The van der Waals surface area contributed by atoms with Gasteiger partial charge in [-0.25, -0.2) is 0 Å². The van der Waals surface area contributed by atoms with Crippen LogP contribution in [0.15, 0.2) is 17.8 Å². The predicted molar refractivity (Wildman–Crippen MR) is 61.4 cm³/mol. The number of nitrogens with zero attached hydrogens (tertiary/aromatic N) is 2. The smallest absolute Gasteiger partial charge is 0.0544 e. The molecule has 0 aliphatic heterocycles. The summed E-state index contributed by atoms with van der Waals surface area (Å²) in [6.07, 6.45) is 9.12. The Bertz CT molecular complexity index is 376. The average molecular weight is 205 g/mol. The molecule has 1 atom stereocenters. The normalized spacial score (nSPS) is 18.7. The standard InChI is InChI=1S/C12H19N3/c1-9-11(8-14-15(9)2)12(13)10-6-4-3-5-7-10/h6,8,12H,3-5,7,13H2,1-2H3. The van der Waals surface area contributed by atoms with Gasteiger partial charge in [-0.3, -0.25) is 4.68 Å². The number of allylic oxidation sites excluding steroid dienone is 1. The van der Waals surface area contributed by atoms with Crippen molar-refractivity contribution in [1.29, 1.82) is 0 Å². The molecule has 1 aromatic heterocycles. The van der Waals surface area contributed by atoms with Crippen molar-refractivity contribution in [3.8, 4) is 0 Å². The van der Waals surface area contributed by atoms with Crippen molar-refractivity contribution < 1.29 is 0 Å². The number of hydrogen-bond donors (Lipinski definition) is 1. The zero-order valence-corrected chi connectivity index (χ0v) is 9.53. The number of aromatic nitrogens is 2. The van der Waals surface area contributed by atoms with Crippen LogP contribution in [0.1, 0.15) is 43.0 Å². The Morgan fingerprint density at radius 2 is 2.27 bits per heavy atom. The first kappa shape index (κ1) is 10.4. The molecule has 3 heteroatoms. The minimum absolute atomic E-state index is 0.0546. The molecule has 0 fully saturated rings. The molecule has 3 nitrogen and oxygen atoms in total. The molecule has 82 valence electrons. The molecule has 0 bridgehead atoms. The molecule has 0 saturated heterocycles. The quantitative estimate of drug-likeness (QED) is 0.752. The third-order valence-electron chi connectivity index (χ3n) is 3.33. The highest BCUT2D eigenvalue weighted by atomic mass is 15.3. The third-order valence-corrected chi connectivity index (χ3v) is 3.33. The highest BCUT2D eigenvalue weighted by Gasteiger charge is 2.17. The van der Waals surface area contributed by atoms with Crippen molar-refractivity contribution in [2.45, 2.75) is 38.6 Å². The van der Waals surface area contributed by atoms with Gasteiger partial charge in [0.15, 0.2) is 0 Å².